The van der Waals surface area contributed by atoms with E-state index in [9.17, 15) is 10.1 Å². The topological polar surface area (TPSA) is 80.0 Å². The Balaban J connectivity index is 1.69. The highest BCUT2D eigenvalue weighted by molar-refractivity contribution is 7.97. The summed E-state index contributed by atoms with van der Waals surface area (Å²) < 4.78 is 7.88. The van der Waals surface area contributed by atoms with Crippen LogP contribution in [0.4, 0.5) is 17.1 Å². The Bertz CT molecular complexity index is 1810. The van der Waals surface area contributed by atoms with E-state index < -0.39 is 12.3 Å². The van der Waals surface area contributed by atoms with Gasteiger partial charge in [0.1, 0.15) is 21.7 Å². The zero-order valence-electron chi connectivity index (χ0n) is 25.2. The van der Waals surface area contributed by atoms with E-state index in [0.29, 0.717) is 11.5 Å². The number of nitro benzene ring substituents is 1. The monoisotopic (exact) mass is 623 g/mol. The number of ether oxygens (including phenoxy) is 1. The highest BCUT2D eigenvalue weighted by Crippen LogP contribution is 2.61. The zero-order valence-corrected chi connectivity index (χ0v) is 26.1. The second kappa shape index (κ2) is 13.9. The smallest absolute Gasteiger partial charge is 0.269 e. The number of hydrogen-bond acceptors (Lipinski definition) is 5. The molecule has 226 valence electrons. The average molecular weight is 624 g/mol. The molecule has 0 bridgehead atoms. The second-order valence-electron chi connectivity index (χ2n) is 10.4. The third kappa shape index (κ3) is 6.09. The van der Waals surface area contributed by atoms with Gasteiger partial charge in [0.15, 0.2) is 5.84 Å². The molecule has 46 heavy (non-hydrogen) atoms. The fourth-order valence-electron chi connectivity index (χ4n) is 5.48. The van der Waals surface area contributed by atoms with Gasteiger partial charge in [0.05, 0.1) is 23.4 Å². The summed E-state index contributed by atoms with van der Waals surface area (Å²) in [5.74, 6) is 1.39. The predicted octanol–water partition coefficient (Wildman–Crippen LogP) is 7.79. The molecule has 6 rings (SSSR count). The summed E-state index contributed by atoms with van der Waals surface area (Å²) in [7, 11) is -1.08. The van der Waals surface area contributed by atoms with E-state index >= 15 is 0 Å². The van der Waals surface area contributed by atoms with Crippen LogP contribution in [-0.2, 0) is 0 Å². The minimum Gasteiger partial charge on any atom is -0.497 e. The summed E-state index contributed by atoms with van der Waals surface area (Å²) in [6.07, 6.45) is 0. The quantitative estimate of drug-likeness (QED) is 0.0554. The molecule has 0 atom stereocenters. The van der Waals surface area contributed by atoms with Gasteiger partial charge in [-0.1, -0.05) is 72.8 Å². The van der Waals surface area contributed by atoms with Crippen molar-refractivity contribution in [3.63, 3.8) is 0 Å². The van der Waals surface area contributed by atoms with Gasteiger partial charge in [0.2, 0.25) is 7.41 Å². The van der Waals surface area contributed by atoms with Gasteiger partial charge in [-0.15, -0.1) is 0 Å². The van der Waals surface area contributed by atoms with Crippen molar-refractivity contribution in [3.8, 4) is 5.75 Å². The van der Waals surface area contributed by atoms with Crippen LogP contribution in [0.1, 0.15) is 5.56 Å². The molecule has 0 aromatic heterocycles. The van der Waals surface area contributed by atoms with Crippen molar-refractivity contribution in [2.45, 2.75) is 0 Å². The molecule has 7 nitrogen and oxygen atoms in total. The molecule has 6 aromatic carbocycles. The molecule has 1 N–H and O–H groups in total. The van der Waals surface area contributed by atoms with E-state index in [1.54, 1.807) is 19.2 Å². The first kappa shape index (κ1) is 30.3. The number of nitrogens with zero attached hydrogens (tertiary/aromatic N) is 3. The number of hydrazone groups is 1. The lowest BCUT2D eigenvalue weighted by Gasteiger charge is -2.38. The Hall–Kier alpha value is -5.78. The first-order valence-electron chi connectivity index (χ1n) is 14.8. The minimum absolute atomic E-state index is 0.0120. The fourth-order valence-corrected chi connectivity index (χ4v) is 9.80. The molecule has 0 radical (unpaired) electrons. The van der Waals surface area contributed by atoms with Gasteiger partial charge in [0.25, 0.3) is 5.69 Å². The van der Waals surface area contributed by atoms with Crippen molar-refractivity contribution in [1.29, 1.82) is 0 Å². The average Bonchev–Trinajstić information content (AvgIpc) is 3.13. The van der Waals surface area contributed by atoms with Crippen molar-refractivity contribution in [1.82, 2.24) is 0 Å². The largest absolute Gasteiger partial charge is 0.497 e. The van der Waals surface area contributed by atoms with Crippen LogP contribution in [0.25, 0.3) is 0 Å². The van der Waals surface area contributed by atoms with Gasteiger partial charge in [0, 0.05) is 17.7 Å². The minimum atomic E-state index is -2.73. The number of para-hydroxylation sites is 1. The van der Waals surface area contributed by atoms with E-state index in [2.05, 4.69) is 95.0 Å². The number of anilines is 2. The number of hydrogen-bond donors (Lipinski definition) is 1. The van der Waals surface area contributed by atoms with Crippen molar-refractivity contribution in [2.24, 2.45) is 5.10 Å². The van der Waals surface area contributed by atoms with Gasteiger partial charge in [-0.3, -0.25) is 15.5 Å². The first-order valence-corrected chi connectivity index (χ1v) is 16.5. The summed E-state index contributed by atoms with van der Waals surface area (Å²) >= 11 is 0. The highest BCUT2D eigenvalue weighted by atomic mass is 31.2. The van der Waals surface area contributed by atoms with Crippen LogP contribution in [0.5, 0.6) is 5.75 Å². The lowest BCUT2D eigenvalue weighted by molar-refractivity contribution is -0.384. The lowest BCUT2D eigenvalue weighted by Crippen LogP contribution is -2.47. The Labute approximate surface area is 269 Å². The molecule has 0 saturated carbocycles. The van der Waals surface area contributed by atoms with E-state index in [4.69, 9.17) is 9.84 Å². The Morgan fingerprint density at radius 3 is 1.54 bits per heavy atom. The maximum atomic E-state index is 11.3. The van der Waals surface area contributed by atoms with Gasteiger partial charge in [-0.2, -0.15) is 9.77 Å². The van der Waals surface area contributed by atoms with Crippen LogP contribution >= 0.6 is 7.41 Å². The van der Waals surface area contributed by atoms with E-state index in [1.165, 1.54) is 12.1 Å². The van der Waals surface area contributed by atoms with Crippen molar-refractivity contribution in [3.05, 3.63) is 186 Å². The molecule has 0 amide bonds. The van der Waals surface area contributed by atoms with E-state index in [-0.39, 0.29) is 5.69 Å². The highest BCUT2D eigenvalue weighted by Gasteiger charge is 2.54. The second-order valence-corrected chi connectivity index (χ2v) is 13.6. The van der Waals surface area contributed by atoms with Crippen LogP contribution in [-0.4, -0.2) is 17.9 Å². The SMILES string of the molecule is COc1ccc(/C(=N/Nc2ccc([N+](=O)[O-])cc2)N(c2ccccc2)[P+](c2ccccc2)(c2ccccc2)c2ccccc2)cc1. The van der Waals surface area contributed by atoms with Crippen LogP contribution in [0.15, 0.2) is 175 Å². The maximum Gasteiger partial charge on any atom is 0.269 e. The summed E-state index contributed by atoms with van der Waals surface area (Å²) in [4.78, 5) is 10.9. The third-order valence-corrected chi connectivity index (χ3v) is 11.8. The van der Waals surface area contributed by atoms with E-state index in [0.717, 1.165) is 32.9 Å². The number of rotatable bonds is 10. The van der Waals surface area contributed by atoms with Crippen LogP contribution in [0, 0.1) is 10.1 Å². The zero-order chi connectivity index (χ0) is 31.8. The Kier molecular flexibility index (Phi) is 9.14. The summed E-state index contributed by atoms with van der Waals surface area (Å²) in [5, 5.41) is 19.9. The van der Waals surface area contributed by atoms with Gasteiger partial charge in [-0.05, 0) is 84.9 Å². The van der Waals surface area contributed by atoms with Gasteiger partial charge < -0.3 is 4.74 Å². The molecule has 0 unspecified atom stereocenters. The molecule has 0 fully saturated rings. The number of benzene rings is 6. The number of nitrogens with one attached hydrogen (secondary N) is 1. The standard InChI is InChI=1S/C38H32N4O3P/c1-45-34-28-22-30(23-29-34)38(40-39-31-24-26-33(27-25-31)42(43)44)41(32-14-6-2-7-15-32)46(35-16-8-3-9-17-35,36-18-10-4-11-19-36)37-20-12-5-13-21-37/h2-29,39H,1H3/q+1/b40-38-. The maximum absolute atomic E-state index is 11.3. The van der Waals surface area contributed by atoms with Gasteiger partial charge in [-0.25, -0.2) is 0 Å². The van der Waals surface area contributed by atoms with E-state index in [1.807, 2.05) is 60.7 Å². The lowest BCUT2D eigenvalue weighted by atomic mass is 10.2. The number of methoxy groups -OCH3 is 1. The first-order chi connectivity index (χ1) is 22.6. The van der Waals surface area contributed by atoms with Crippen molar-refractivity contribution < 1.29 is 9.66 Å². The molecule has 0 aliphatic heterocycles. The molecular formula is C38H32N4O3P+. The molecular weight excluding hydrogens is 591 g/mol. The normalized spacial score (nSPS) is 11.5. The summed E-state index contributed by atoms with van der Waals surface area (Å²) in [6, 6.07) is 56.2. The van der Waals surface area contributed by atoms with Gasteiger partial charge >= 0.3 is 0 Å². The Morgan fingerprint density at radius 2 is 1.11 bits per heavy atom. The molecule has 0 heterocycles. The van der Waals surface area contributed by atoms with Crippen molar-refractivity contribution in [2.75, 3.05) is 17.2 Å². The molecule has 0 aliphatic rings. The molecule has 0 aliphatic carbocycles. The molecule has 0 saturated heterocycles. The molecule has 6 aromatic rings. The fraction of sp³-hybridized carbons (Fsp3) is 0.0263. The molecule has 0 spiro atoms. The predicted molar refractivity (Wildman–Crippen MR) is 190 cm³/mol. The summed E-state index contributed by atoms with van der Waals surface area (Å²) in [5.41, 5.74) is 5.66. The number of non-ortho nitro benzene ring substituents is 1. The van der Waals surface area contributed by atoms with Crippen LogP contribution in [0.2, 0.25) is 0 Å². The van der Waals surface area contributed by atoms with Crippen molar-refractivity contribution >= 4 is 46.2 Å². The number of amidine groups is 1. The number of nitro groups is 1. The van der Waals surface area contributed by atoms with Crippen LogP contribution in [0.3, 0.4) is 0 Å². The Morgan fingerprint density at radius 1 is 0.652 bits per heavy atom. The molecule has 8 heteroatoms. The van der Waals surface area contributed by atoms with Crippen LogP contribution < -0.4 is 30.7 Å². The third-order valence-electron chi connectivity index (χ3n) is 7.61. The summed E-state index contributed by atoms with van der Waals surface area (Å²) in [6.45, 7) is 0.